The Kier molecular flexibility index (Phi) is 8.60. The number of hydrogen-bond acceptors (Lipinski definition) is 8. The van der Waals surface area contributed by atoms with E-state index in [4.69, 9.17) is 14.2 Å². The first-order valence-electron chi connectivity index (χ1n) is 11.7. The molecule has 0 heterocycles. The molecular formula is C29H23N3O7. The normalized spacial score (nSPS) is 10.6. The number of non-ortho nitro benzene ring substituents is 1. The van der Waals surface area contributed by atoms with Gasteiger partial charge in [0.1, 0.15) is 5.75 Å². The molecule has 0 bridgehead atoms. The quantitative estimate of drug-likeness (QED) is 0.101. The summed E-state index contributed by atoms with van der Waals surface area (Å²) in [4.78, 5) is 34.7. The molecule has 0 unspecified atom stereocenters. The summed E-state index contributed by atoms with van der Waals surface area (Å²) in [5, 5.41) is 14.7. The minimum Gasteiger partial charge on any atom is -0.493 e. The van der Waals surface area contributed by atoms with Gasteiger partial charge in [-0.15, -0.1) is 0 Å². The van der Waals surface area contributed by atoms with Gasteiger partial charge in [-0.25, -0.2) is 10.2 Å². The van der Waals surface area contributed by atoms with Crippen LogP contribution >= 0.6 is 0 Å². The van der Waals surface area contributed by atoms with Gasteiger partial charge in [-0.2, -0.15) is 5.10 Å². The van der Waals surface area contributed by atoms with Gasteiger partial charge >= 0.3 is 5.97 Å². The van der Waals surface area contributed by atoms with Crippen LogP contribution in [0.25, 0.3) is 11.1 Å². The number of nitrogens with one attached hydrogen (secondary N) is 1. The third-order valence-electron chi connectivity index (χ3n) is 5.44. The molecule has 39 heavy (non-hydrogen) atoms. The van der Waals surface area contributed by atoms with Crippen LogP contribution in [0.2, 0.25) is 0 Å². The number of carbonyl (C=O) groups excluding carboxylic acids is 2. The Balaban J connectivity index is 1.28. The van der Waals surface area contributed by atoms with Crippen molar-refractivity contribution in [2.24, 2.45) is 5.10 Å². The van der Waals surface area contributed by atoms with Crippen LogP contribution in [0.1, 0.15) is 15.9 Å². The second kappa shape index (κ2) is 12.6. The molecule has 4 aromatic rings. The molecule has 0 spiro atoms. The zero-order valence-corrected chi connectivity index (χ0v) is 20.8. The largest absolute Gasteiger partial charge is 0.493 e. The number of rotatable bonds is 10. The Labute approximate surface area is 223 Å². The van der Waals surface area contributed by atoms with Crippen LogP contribution in [0.3, 0.4) is 0 Å². The summed E-state index contributed by atoms with van der Waals surface area (Å²) in [6.07, 6.45) is 1.40. The Morgan fingerprint density at radius 3 is 2.26 bits per heavy atom. The molecule has 0 fully saturated rings. The van der Waals surface area contributed by atoms with Gasteiger partial charge in [0, 0.05) is 12.1 Å². The number of nitro benzene ring substituents is 1. The Hall–Kier alpha value is -5.51. The number of hydrazone groups is 1. The predicted octanol–water partition coefficient (Wildman–Crippen LogP) is 5.02. The summed E-state index contributed by atoms with van der Waals surface area (Å²) in [5.74, 6) is -0.195. The van der Waals surface area contributed by atoms with Gasteiger partial charge in [0.15, 0.2) is 18.1 Å². The number of amides is 1. The molecule has 1 N–H and O–H groups in total. The molecule has 1 amide bonds. The first kappa shape index (κ1) is 26.6. The van der Waals surface area contributed by atoms with Crippen molar-refractivity contribution in [1.82, 2.24) is 5.43 Å². The van der Waals surface area contributed by atoms with E-state index in [-0.39, 0.29) is 29.4 Å². The summed E-state index contributed by atoms with van der Waals surface area (Å²) >= 11 is 0. The molecule has 0 aliphatic rings. The van der Waals surface area contributed by atoms with E-state index < -0.39 is 16.8 Å². The number of nitro groups is 1. The summed E-state index contributed by atoms with van der Waals surface area (Å²) in [6, 6.07) is 27.1. The summed E-state index contributed by atoms with van der Waals surface area (Å²) < 4.78 is 16.2. The third kappa shape index (κ3) is 7.26. The lowest BCUT2D eigenvalue weighted by atomic mass is 10.1. The average molecular weight is 526 g/mol. The van der Waals surface area contributed by atoms with Crippen molar-refractivity contribution in [2.45, 2.75) is 0 Å². The third-order valence-corrected chi connectivity index (χ3v) is 5.44. The van der Waals surface area contributed by atoms with Gasteiger partial charge in [0.2, 0.25) is 0 Å². The lowest BCUT2D eigenvalue weighted by Crippen LogP contribution is -2.24. The van der Waals surface area contributed by atoms with Crippen molar-refractivity contribution in [3.63, 3.8) is 0 Å². The standard InChI is InChI=1S/C29H23N3O7/c1-37-27-17-20(7-16-26(27)39-29(34)23-8-12-24(13-9-23)32(35)36)18-30-31-28(33)19-38-25-14-10-22(11-15-25)21-5-3-2-4-6-21/h2-18H,19H2,1H3,(H,31,33)/b30-18-. The van der Waals surface area contributed by atoms with E-state index in [2.05, 4.69) is 10.5 Å². The molecule has 0 radical (unpaired) electrons. The van der Waals surface area contributed by atoms with E-state index in [0.717, 1.165) is 11.1 Å². The zero-order chi connectivity index (χ0) is 27.6. The number of ether oxygens (including phenoxy) is 3. The Morgan fingerprint density at radius 2 is 1.59 bits per heavy atom. The molecule has 0 aromatic heterocycles. The first-order valence-corrected chi connectivity index (χ1v) is 11.7. The summed E-state index contributed by atoms with van der Waals surface area (Å²) in [5.41, 5.74) is 5.09. The van der Waals surface area contributed by atoms with Gasteiger partial charge in [0.05, 0.1) is 23.8 Å². The predicted molar refractivity (Wildman–Crippen MR) is 144 cm³/mol. The van der Waals surface area contributed by atoms with Gasteiger partial charge in [-0.3, -0.25) is 14.9 Å². The van der Waals surface area contributed by atoms with Crippen molar-refractivity contribution >= 4 is 23.8 Å². The van der Waals surface area contributed by atoms with Crippen LogP contribution in [0.5, 0.6) is 17.2 Å². The molecule has 0 atom stereocenters. The molecule has 10 heteroatoms. The highest BCUT2D eigenvalue weighted by molar-refractivity contribution is 5.92. The van der Waals surface area contributed by atoms with Crippen molar-refractivity contribution in [2.75, 3.05) is 13.7 Å². The first-order chi connectivity index (χ1) is 18.9. The lowest BCUT2D eigenvalue weighted by Gasteiger charge is -2.10. The van der Waals surface area contributed by atoms with Crippen LogP contribution in [-0.2, 0) is 4.79 Å². The summed E-state index contributed by atoms with van der Waals surface area (Å²) in [6.45, 7) is -0.219. The van der Waals surface area contributed by atoms with E-state index in [1.54, 1.807) is 24.3 Å². The van der Waals surface area contributed by atoms with Gasteiger partial charge in [-0.05, 0) is 59.2 Å². The molecule has 0 saturated carbocycles. The maximum atomic E-state index is 12.4. The van der Waals surface area contributed by atoms with Crippen LogP contribution < -0.4 is 19.6 Å². The topological polar surface area (TPSA) is 129 Å². The second-order valence-corrected chi connectivity index (χ2v) is 8.08. The fraction of sp³-hybridized carbons (Fsp3) is 0.0690. The minimum absolute atomic E-state index is 0.135. The van der Waals surface area contributed by atoms with Crippen LogP contribution in [0, 0.1) is 10.1 Å². The van der Waals surface area contributed by atoms with E-state index in [1.807, 2.05) is 42.5 Å². The Bertz CT molecular complexity index is 1490. The Morgan fingerprint density at radius 1 is 0.897 bits per heavy atom. The number of carbonyl (C=O) groups is 2. The molecule has 0 aliphatic heterocycles. The molecule has 0 saturated heterocycles. The number of hydrogen-bond donors (Lipinski definition) is 1. The van der Waals surface area contributed by atoms with E-state index >= 15 is 0 Å². The van der Waals surface area contributed by atoms with Gasteiger partial charge < -0.3 is 14.2 Å². The number of methoxy groups -OCH3 is 1. The SMILES string of the molecule is COc1cc(/C=N\NC(=O)COc2ccc(-c3ccccc3)cc2)ccc1OC(=O)c1ccc([N+](=O)[O-])cc1. The monoisotopic (exact) mass is 525 g/mol. The van der Waals surface area contributed by atoms with E-state index in [9.17, 15) is 19.7 Å². The molecule has 4 rings (SSSR count). The minimum atomic E-state index is -0.702. The number of esters is 1. The van der Waals surface area contributed by atoms with Crippen molar-refractivity contribution in [1.29, 1.82) is 0 Å². The summed E-state index contributed by atoms with van der Waals surface area (Å²) in [7, 11) is 1.41. The van der Waals surface area contributed by atoms with E-state index in [0.29, 0.717) is 11.3 Å². The van der Waals surface area contributed by atoms with Gasteiger partial charge in [0.25, 0.3) is 11.6 Å². The number of benzene rings is 4. The van der Waals surface area contributed by atoms with Crippen molar-refractivity contribution in [3.05, 3.63) is 118 Å². The maximum Gasteiger partial charge on any atom is 0.343 e. The van der Waals surface area contributed by atoms with Crippen molar-refractivity contribution in [3.8, 4) is 28.4 Å². The van der Waals surface area contributed by atoms with Crippen LogP contribution in [-0.4, -0.2) is 36.7 Å². The van der Waals surface area contributed by atoms with Crippen LogP contribution in [0.4, 0.5) is 5.69 Å². The highest BCUT2D eigenvalue weighted by atomic mass is 16.6. The van der Waals surface area contributed by atoms with Gasteiger partial charge in [-0.1, -0.05) is 42.5 Å². The molecule has 0 aliphatic carbocycles. The maximum absolute atomic E-state index is 12.4. The zero-order valence-electron chi connectivity index (χ0n) is 20.8. The van der Waals surface area contributed by atoms with Crippen molar-refractivity contribution < 1.29 is 28.7 Å². The molecular weight excluding hydrogens is 502 g/mol. The smallest absolute Gasteiger partial charge is 0.343 e. The highest BCUT2D eigenvalue weighted by Crippen LogP contribution is 2.28. The van der Waals surface area contributed by atoms with Crippen LogP contribution in [0.15, 0.2) is 102 Å². The fourth-order valence-corrected chi connectivity index (χ4v) is 3.46. The molecule has 10 nitrogen and oxygen atoms in total. The highest BCUT2D eigenvalue weighted by Gasteiger charge is 2.14. The molecule has 196 valence electrons. The lowest BCUT2D eigenvalue weighted by molar-refractivity contribution is -0.384. The van der Waals surface area contributed by atoms with E-state index in [1.165, 1.54) is 43.7 Å². The second-order valence-electron chi connectivity index (χ2n) is 8.08. The average Bonchev–Trinajstić information content (AvgIpc) is 2.97. The molecule has 4 aromatic carbocycles. The number of nitrogens with zero attached hydrogens (tertiary/aromatic N) is 2. The fourth-order valence-electron chi connectivity index (χ4n) is 3.46.